The third-order valence-corrected chi connectivity index (χ3v) is 3.60. The normalized spacial score (nSPS) is 12.3. The Labute approximate surface area is 143 Å². The largest absolute Gasteiger partial charge is 0.302 e. The molecule has 4 heteroatoms. The second-order valence-corrected chi connectivity index (χ2v) is 6.29. The fraction of sp³-hybridized carbons (Fsp3) is 0.316. The molecule has 0 saturated carbocycles. The quantitative estimate of drug-likeness (QED) is 0.791. The SMILES string of the molecule is CC(NC(C)(C)Cc1ccccc1)C(=O)c1cccc(F)c1.Cl. The Balaban J connectivity index is 0.00000264. The first-order valence-corrected chi connectivity index (χ1v) is 7.49. The number of halogens is 2. The van der Waals surface area contributed by atoms with Crippen LogP contribution in [-0.2, 0) is 6.42 Å². The summed E-state index contributed by atoms with van der Waals surface area (Å²) in [5.41, 5.74) is 1.38. The number of Topliss-reactive ketones (excluding diaryl/α,β-unsaturated/α-hetero) is 1. The van der Waals surface area contributed by atoms with Gasteiger partial charge in [0.15, 0.2) is 5.78 Å². The highest BCUT2D eigenvalue weighted by atomic mass is 35.5. The summed E-state index contributed by atoms with van der Waals surface area (Å²) in [7, 11) is 0. The summed E-state index contributed by atoms with van der Waals surface area (Å²) in [5, 5.41) is 3.35. The number of carbonyl (C=O) groups is 1. The average molecular weight is 336 g/mol. The number of hydrogen-bond acceptors (Lipinski definition) is 2. The molecule has 0 saturated heterocycles. The summed E-state index contributed by atoms with van der Waals surface area (Å²) in [6.07, 6.45) is 0.814. The number of carbonyl (C=O) groups excluding carboxylic acids is 1. The lowest BCUT2D eigenvalue weighted by Crippen LogP contribution is -2.49. The zero-order valence-corrected chi connectivity index (χ0v) is 14.5. The second kappa shape index (κ2) is 8.23. The maximum atomic E-state index is 13.2. The van der Waals surface area contributed by atoms with E-state index in [2.05, 4.69) is 31.3 Å². The topological polar surface area (TPSA) is 29.1 Å². The highest BCUT2D eigenvalue weighted by molar-refractivity contribution is 5.99. The van der Waals surface area contributed by atoms with Crippen LogP contribution in [0.4, 0.5) is 4.39 Å². The van der Waals surface area contributed by atoms with Gasteiger partial charge in [0, 0.05) is 11.1 Å². The van der Waals surface area contributed by atoms with Crippen molar-refractivity contribution < 1.29 is 9.18 Å². The molecule has 0 radical (unpaired) electrons. The van der Waals surface area contributed by atoms with Gasteiger partial charge in [-0.25, -0.2) is 4.39 Å². The molecule has 0 aromatic heterocycles. The summed E-state index contributed by atoms with van der Waals surface area (Å²) in [5.74, 6) is -0.484. The molecule has 2 aromatic carbocycles. The van der Waals surface area contributed by atoms with E-state index in [0.29, 0.717) is 5.56 Å². The summed E-state index contributed by atoms with van der Waals surface area (Å²) in [6.45, 7) is 5.95. The van der Waals surface area contributed by atoms with Gasteiger partial charge in [-0.2, -0.15) is 0 Å². The van der Waals surface area contributed by atoms with Gasteiger partial charge in [0.2, 0.25) is 0 Å². The van der Waals surface area contributed by atoms with Gasteiger partial charge < -0.3 is 5.32 Å². The molecule has 0 aliphatic carbocycles. The van der Waals surface area contributed by atoms with Crippen molar-refractivity contribution in [3.63, 3.8) is 0 Å². The minimum absolute atomic E-state index is 0. The van der Waals surface area contributed by atoms with Gasteiger partial charge in [0.05, 0.1) is 6.04 Å². The Morgan fingerprint density at radius 1 is 1.13 bits per heavy atom. The first-order valence-electron chi connectivity index (χ1n) is 7.49. The molecular formula is C19H23ClFNO. The molecule has 1 unspecified atom stereocenters. The van der Waals surface area contributed by atoms with Gasteiger partial charge in [-0.05, 0) is 44.9 Å². The Morgan fingerprint density at radius 3 is 2.39 bits per heavy atom. The van der Waals surface area contributed by atoms with Crippen molar-refractivity contribution in [3.05, 3.63) is 71.5 Å². The van der Waals surface area contributed by atoms with Crippen LogP contribution in [0.5, 0.6) is 0 Å². The maximum absolute atomic E-state index is 13.2. The minimum atomic E-state index is -0.387. The van der Waals surface area contributed by atoms with Crippen LogP contribution in [-0.4, -0.2) is 17.4 Å². The number of nitrogens with one attached hydrogen (secondary N) is 1. The molecule has 124 valence electrons. The zero-order valence-electron chi connectivity index (χ0n) is 13.7. The maximum Gasteiger partial charge on any atom is 0.179 e. The molecule has 2 aromatic rings. The van der Waals surface area contributed by atoms with Crippen LogP contribution in [0, 0.1) is 5.82 Å². The number of benzene rings is 2. The molecule has 0 aliphatic heterocycles. The van der Waals surface area contributed by atoms with Crippen molar-refractivity contribution in [2.75, 3.05) is 0 Å². The zero-order chi connectivity index (χ0) is 16.2. The van der Waals surface area contributed by atoms with Gasteiger partial charge in [0.1, 0.15) is 5.82 Å². The Morgan fingerprint density at radius 2 is 1.78 bits per heavy atom. The van der Waals surface area contributed by atoms with E-state index in [1.165, 1.54) is 17.7 Å². The summed E-state index contributed by atoms with van der Waals surface area (Å²) in [4.78, 5) is 12.4. The summed E-state index contributed by atoms with van der Waals surface area (Å²) < 4.78 is 13.2. The first kappa shape index (κ1) is 19.3. The molecule has 0 spiro atoms. The fourth-order valence-corrected chi connectivity index (χ4v) is 2.70. The molecule has 0 bridgehead atoms. The number of hydrogen-bond donors (Lipinski definition) is 1. The van der Waals surface area contributed by atoms with Crippen molar-refractivity contribution in [2.24, 2.45) is 0 Å². The minimum Gasteiger partial charge on any atom is -0.302 e. The third-order valence-electron chi connectivity index (χ3n) is 3.60. The predicted octanol–water partition coefficient (Wildman–Crippen LogP) is 4.43. The molecule has 2 rings (SSSR count). The fourth-order valence-electron chi connectivity index (χ4n) is 2.70. The second-order valence-electron chi connectivity index (χ2n) is 6.29. The van der Waals surface area contributed by atoms with E-state index >= 15 is 0 Å². The van der Waals surface area contributed by atoms with Crippen LogP contribution in [0.1, 0.15) is 36.7 Å². The lowest BCUT2D eigenvalue weighted by molar-refractivity contribution is 0.0932. The molecule has 1 atom stereocenters. The van der Waals surface area contributed by atoms with Crippen molar-refractivity contribution >= 4 is 18.2 Å². The van der Waals surface area contributed by atoms with Gasteiger partial charge in [0.25, 0.3) is 0 Å². The van der Waals surface area contributed by atoms with Crippen LogP contribution in [0.3, 0.4) is 0 Å². The summed E-state index contributed by atoms with van der Waals surface area (Å²) >= 11 is 0. The number of ketones is 1. The van der Waals surface area contributed by atoms with Gasteiger partial charge in [-0.15, -0.1) is 12.4 Å². The lowest BCUT2D eigenvalue weighted by Gasteiger charge is -2.30. The number of rotatable bonds is 6. The van der Waals surface area contributed by atoms with Crippen LogP contribution in [0.15, 0.2) is 54.6 Å². The molecule has 23 heavy (non-hydrogen) atoms. The van der Waals surface area contributed by atoms with Crippen LogP contribution < -0.4 is 5.32 Å². The van der Waals surface area contributed by atoms with E-state index in [4.69, 9.17) is 0 Å². The molecule has 0 heterocycles. The highest BCUT2D eigenvalue weighted by Gasteiger charge is 2.24. The smallest absolute Gasteiger partial charge is 0.179 e. The molecule has 0 amide bonds. The average Bonchev–Trinajstić information content (AvgIpc) is 2.46. The van der Waals surface area contributed by atoms with Crippen LogP contribution >= 0.6 is 12.4 Å². The standard InChI is InChI=1S/C19H22FNO.ClH/c1-14(18(22)16-10-7-11-17(20)12-16)21-19(2,3)13-15-8-5-4-6-9-15;/h4-12,14,21H,13H2,1-3H3;1H. The van der Waals surface area contributed by atoms with Gasteiger partial charge >= 0.3 is 0 Å². The highest BCUT2D eigenvalue weighted by Crippen LogP contribution is 2.15. The van der Waals surface area contributed by atoms with Crippen molar-refractivity contribution in [3.8, 4) is 0 Å². The monoisotopic (exact) mass is 335 g/mol. The van der Waals surface area contributed by atoms with Crippen LogP contribution in [0.25, 0.3) is 0 Å². The molecule has 2 nitrogen and oxygen atoms in total. The van der Waals surface area contributed by atoms with E-state index in [9.17, 15) is 9.18 Å². The van der Waals surface area contributed by atoms with E-state index in [0.717, 1.165) is 6.42 Å². The molecule has 1 N–H and O–H groups in total. The molecule has 0 fully saturated rings. The predicted molar refractivity (Wildman–Crippen MR) is 94.8 cm³/mol. The molecule has 0 aliphatic rings. The van der Waals surface area contributed by atoms with Gasteiger partial charge in [-0.3, -0.25) is 4.79 Å². The van der Waals surface area contributed by atoms with Crippen LogP contribution in [0.2, 0.25) is 0 Å². The summed E-state index contributed by atoms with van der Waals surface area (Å²) in [6, 6.07) is 15.6. The van der Waals surface area contributed by atoms with E-state index < -0.39 is 0 Å². The lowest BCUT2D eigenvalue weighted by atomic mass is 9.93. The first-order chi connectivity index (χ1) is 10.4. The van der Waals surface area contributed by atoms with E-state index in [1.807, 2.05) is 25.1 Å². The Kier molecular flexibility index (Phi) is 6.92. The van der Waals surface area contributed by atoms with Crippen molar-refractivity contribution in [1.82, 2.24) is 5.32 Å². The third kappa shape index (κ3) is 5.77. The molecular weight excluding hydrogens is 313 g/mol. The van der Waals surface area contributed by atoms with Crippen molar-refractivity contribution in [2.45, 2.75) is 38.8 Å². The Bertz CT molecular complexity index is 643. The van der Waals surface area contributed by atoms with Gasteiger partial charge in [-0.1, -0.05) is 42.5 Å². The van der Waals surface area contributed by atoms with Crippen molar-refractivity contribution in [1.29, 1.82) is 0 Å². The van der Waals surface area contributed by atoms with E-state index in [1.54, 1.807) is 12.1 Å². The van der Waals surface area contributed by atoms with E-state index in [-0.39, 0.29) is 35.6 Å². The Hall–Kier alpha value is -1.71.